The average Bonchev–Trinajstić information content (AvgIpc) is 2.35. The van der Waals surface area contributed by atoms with Crippen LogP contribution < -0.4 is 4.74 Å². The Balaban J connectivity index is 2.43. The van der Waals surface area contributed by atoms with Gasteiger partial charge in [-0.1, -0.05) is 13.8 Å². The van der Waals surface area contributed by atoms with Gasteiger partial charge in [0.15, 0.2) is 0 Å². The summed E-state index contributed by atoms with van der Waals surface area (Å²) in [5.41, 5.74) is 1.48. The average molecular weight is 229 g/mol. The monoisotopic (exact) mass is 229 g/mol. The minimum absolute atomic E-state index is 0.465. The lowest BCUT2D eigenvalue weighted by Crippen LogP contribution is -2.05. The second kappa shape index (κ2) is 4.95. The number of benzene rings is 1. The Kier molecular flexibility index (Phi) is 3.38. The van der Waals surface area contributed by atoms with Crippen molar-refractivity contribution < 1.29 is 9.53 Å². The maximum absolute atomic E-state index is 10.8. The van der Waals surface area contributed by atoms with Gasteiger partial charge in [0.2, 0.25) is 0 Å². The first-order valence-corrected chi connectivity index (χ1v) is 5.67. The van der Waals surface area contributed by atoms with Crippen LogP contribution in [0.15, 0.2) is 30.5 Å². The highest BCUT2D eigenvalue weighted by atomic mass is 16.5. The smallest absolute Gasteiger partial charge is 0.150 e. The first-order valence-electron chi connectivity index (χ1n) is 5.67. The number of nitrogens with zero attached hydrogens (tertiary/aromatic N) is 1. The van der Waals surface area contributed by atoms with E-state index >= 15 is 0 Å². The van der Waals surface area contributed by atoms with Crippen molar-refractivity contribution >= 4 is 17.2 Å². The quantitative estimate of drug-likeness (QED) is 0.756. The third-order valence-corrected chi connectivity index (χ3v) is 2.43. The molecule has 0 radical (unpaired) electrons. The molecule has 0 aliphatic carbocycles. The van der Waals surface area contributed by atoms with E-state index in [4.69, 9.17) is 4.74 Å². The molecule has 2 rings (SSSR count). The van der Waals surface area contributed by atoms with Crippen molar-refractivity contribution in [3.05, 3.63) is 36.0 Å². The van der Waals surface area contributed by atoms with Gasteiger partial charge in [0, 0.05) is 17.1 Å². The normalized spacial score (nSPS) is 10.8. The van der Waals surface area contributed by atoms with Crippen LogP contribution in [-0.4, -0.2) is 17.9 Å². The molecule has 1 aromatic heterocycles. The van der Waals surface area contributed by atoms with Crippen LogP contribution in [0.25, 0.3) is 10.9 Å². The molecule has 88 valence electrons. The number of hydrogen-bond acceptors (Lipinski definition) is 3. The fourth-order valence-electron chi connectivity index (χ4n) is 1.59. The van der Waals surface area contributed by atoms with Gasteiger partial charge in [-0.15, -0.1) is 0 Å². The lowest BCUT2D eigenvalue weighted by atomic mass is 10.1. The SMILES string of the molecule is CC(C)COc1ccnc2ccc(C=O)cc12. The summed E-state index contributed by atoms with van der Waals surface area (Å²) < 4.78 is 5.72. The Labute approximate surface area is 100 Å². The van der Waals surface area contributed by atoms with Crippen molar-refractivity contribution in [3.8, 4) is 5.75 Å². The van der Waals surface area contributed by atoms with Crippen molar-refractivity contribution in [1.29, 1.82) is 0 Å². The highest BCUT2D eigenvalue weighted by Crippen LogP contribution is 2.24. The molecule has 0 spiro atoms. The van der Waals surface area contributed by atoms with E-state index < -0.39 is 0 Å². The standard InChI is InChI=1S/C14H15NO2/c1-10(2)9-17-14-5-6-15-13-4-3-11(8-16)7-12(13)14/h3-8,10H,9H2,1-2H3. The van der Waals surface area contributed by atoms with E-state index in [-0.39, 0.29) is 0 Å². The summed E-state index contributed by atoms with van der Waals surface area (Å²) in [6.45, 7) is 4.85. The molecule has 0 bridgehead atoms. The summed E-state index contributed by atoms with van der Waals surface area (Å²) in [4.78, 5) is 15.0. The Bertz CT molecular complexity index is 535. The summed E-state index contributed by atoms with van der Waals surface area (Å²) in [7, 11) is 0. The molecule has 3 heteroatoms. The van der Waals surface area contributed by atoms with E-state index in [0.717, 1.165) is 22.9 Å². The zero-order chi connectivity index (χ0) is 12.3. The molecule has 0 aliphatic heterocycles. The van der Waals surface area contributed by atoms with Gasteiger partial charge in [0.05, 0.1) is 12.1 Å². The Morgan fingerprint density at radius 2 is 2.18 bits per heavy atom. The Morgan fingerprint density at radius 1 is 1.35 bits per heavy atom. The molecule has 0 amide bonds. The maximum atomic E-state index is 10.8. The molecule has 2 aromatic rings. The molecule has 0 aliphatic rings. The molecule has 0 N–H and O–H groups in total. The van der Waals surface area contributed by atoms with Gasteiger partial charge >= 0.3 is 0 Å². The number of aldehydes is 1. The summed E-state index contributed by atoms with van der Waals surface area (Å²) in [6, 6.07) is 7.24. The largest absolute Gasteiger partial charge is 0.493 e. The molecule has 0 unspecified atom stereocenters. The van der Waals surface area contributed by atoms with Gasteiger partial charge in [0.25, 0.3) is 0 Å². The van der Waals surface area contributed by atoms with Crippen LogP contribution >= 0.6 is 0 Å². The van der Waals surface area contributed by atoms with Gasteiger partial charge < -0.3 is 4.74 Å². The fourth-order valence-corrected chi connectivity index (χ4v) is 1.59. The Hall–Kier alpha value is -1.90. The van der Waals surface area contributed by atoms with Crippen LogP contribution in [0, 0.1) is 5.92 Å². The van der Waals surface area contributed by atoms with Gasteiger partial charge in [-0.25, -0.2) is 0 Å². The zero-order valence-electron chi connectivity index (χ0n) is 10.0. The van der Waals surface area contributed by atoms with Crippen molar-refractivity contribution in [3.63, 3.8) is 0 Å². The predicted octanol–water partition coefficient (Wildman–Crippen LogP) is 3.08. The van der Waals surface area contributed by atoms with Crippen molar-refractivity contribution in [2.24, 2.45) is 5.92 Å². The van der Waals surface area contributed by atoms with Crippen LogP contribution in [0.2, 0.25) is 0 Å². The number of rotatable bonds is 4. The highest BCUT2D eigenvalue weighted by molar-refractivity contribution is 5.90. The predicted molar refractivity (Wildman–Crippen MR) is 67.5 cm³/mol. The number of pyridine rings is 1. The van der Waals surface area contributed by atoms with Crippen LogP contribution in [0.1, 0.15) is 24.2 Å². The number of aromatic nitrogens is 1. The molecular formula is C14H15NO2. The minimum atomic E-state index is 0.465. The third-order valence-electron chi connectivity index (χ3n) is 2.43. The number of hydrogen-bond donors (Lipinski definition) is 0. The molecule has 0 fully saturated rings. The van der Waals surface area contributed by atoms with E-state index in [0.29, 0.717) is 18.1 Å². The molecule has 3 nitrogen and oxygen atoms in total. The number of carbonyl (C=O) groups excluding carboxylic acids is 1. The van der Waals surface area contributed by atoms with Crippen LogP contribution in [0.4, 0.5) is 0 Å². The third kappa shape index (κ3) is 2.61. The lowest BCUT2D eigenvalue weighted by Gasteiger charge is -2.10. The molecule has 0 saturated heterocycles. The number of ether oxygens (including phenoxy) is 1. The van der Waals surface area contributed by atoms with Crippen molar-refractivity contribution in [1.82, 2.24) is 4.98 Å². The molecule has 0 atom stereocenters. The lowest BCUT2D eigenvalue weighted by molar-refractivity contribution is 0.112. The van der Waals surface area contributed by atoms with Gasteiger partial charge in [-0.2, -0.15) is 0 Å². The van der Waals surface area contributed by atoms with Gasteiger partial charge in [-0.05, 0) is 30.2 Å². The summed E-state index contributed by atoms with van der Waals surface area (Å²) in [6.07, 6.45) is 2.55. The topological polar surface area (TPSA) is 39.2 Å². The van der Waals surface area contributed by atoms with Crippen LogP contribution in [-0.2, 0) is 0 Å². The fraction of sp³-hybridized carbons (Fsp3) is 0.286. The zero-order valence-corrected chi connectivity index (χ0v) is 10.0. The summed E-state index contributed by atoms with van der Waals surface area (Å²) in [5, 5.41) is 0.887. The molecule has 0 saturated carbocycles. The van der Waals surface area contributed by atoms with Gasteiger partial charge in [-0.3, -0.25) is 9.78 Å². The summed E-state index contributed by atoms with van der Waals surface area (Å²) in [5.74, 6) is 1.25. The number of carbonyl (C=O) groups is 1. The molecule has 17 heavy (non-hydrogen) atoms. The minimum Gasteiger partial charge on any atom is -0.493 e. The maximum Gasteiger partial charge on any atom is 0.150 e. The van der Waals surface area contributed by atoms with E-state index in [1.807, 2.05) is 18.2 Å². The second-order valence-electron chi connectivity index (χ2n) is 4.41. The van der Waals surface area contributed by atoms with Gasteiger partial charge in [0.1, 0.15) is 12.0 Å². The van der Waals surface area contributed by atoms with Crippen molar-refractivity contribution in [2.45, 2.75) is 13.8 Å². The second-order valence-corrected chi connectivity index (χ2v) is 4.41. The van der Waals surface area contributed by atoms with E-state index in [9.17, 15) is 4.79 Å². The van der Waals surface area contributed by atoms with E-state index in [1.54, 1.807) is 12.3 Å². The van der Waals surface area contributed by atoms with Crippen LogP contribution in [0.5, 0.6) is 5.75 Å². The Morgan fingerprint density at radius 3 is 2.88 bits per heavy atom. The molecule has 1 aromatic carbocycles. The molecular weight excluding hydrogens is 214 g/mol. The van der Waals surface area contributed by atoms with Crippen molar-refractivity contribution in [2.75, 3.05) is 6.61 Å². The first-order chi connectivity index (χ1) is 8.20. The molecule has 1 heterocycles. The first kappa shape index (κ1) is 11.6. The number of fused-ring (bicyclic) bond motifs is 1. The summed E-state index contributed by atoms with van der Waals surface area (Å²) >= 11 is 0. The van der Waals surface area contributed by atoms with E-state index in [2.05, 4.69) is 18.8 Å². The van der Waals surface area contributed by atoms with E-state index in [1.165, 1.54) is 0 Å². The highest BCUT2D eigenvalue weighted by Gasteiger charge is 2.05. The van der Waals surface area contributed by atoms with Crippen LogP contribution in [0.3, 0.4) is 0 Å².